The number of carbonyl (C=O) groups is 1. The number of nitrogens with one attached hydrogen (secondary N) is 1. The van der Waals surface area contributed by atoms with Crippen molar-refractivity contribution in [2.24, 2.45) is 5.41 Å². The fraction of sp³-hybridized carbons (Fsp3) is 0.640. The molecule has 3 nitrogen and oxygen atoms in total. The molecule has 0 aliphatic heterocycles. The van der Waals surface area contributed by atoms with Crippen LogP contribution in [0.4, 0.5) is 0 Å². The van der Waals surface area contributed by atoms with Crippen LogP contribution in [0.1, 0.15) is 78.6 Å². The minimum atomic E-state index is -0.158. The average Bonchev–Trinajstić information content (AvgIpc) is 2.68. The second-order valence-corrected chi connectivity index (χ2v) is 8.99. The molecule has 0 spiro atoms. The molecule has 0 aromatic rings. The Hall–Kier alpha value is -1.13. The van der Waals surface area contributed by atoms with Crippen molar-refractivity contribution >= 4 is 21.8 Å². The number of alkyl halides is 1. The molecule has 166 valence electrons. The molecule has 2 N–H and O–H groups in total. The Labute approximate surface area is 187 Å². The van der Waals surface area contributed by atoms with Crippen molar-refractivity contribution in [1.82, 2.24) is 5.32 Å². The van der Waals surface area contributed by atoms with Gasteiger partial charge in [-0.3, -0.25) is 4.79 Å². The Morgan fingerprint density at radius 2 is 1.55 bits per heavy atom. The van der Waals surface area contributed by atoms with Crippen molar-refractivity contribution in [2.75, 3.05) is 11.9 Å². The molecule has 0 radical (unpaired) electrons. The molecule has 0 aromatic heterocycles. The largest absolute Gasteiger partial charge is 0.394 e. The molecule has 0 saturated heterocycles. The summed E-state index contributed by atoms with van der Waals surface area (Å²) >= 11 is 3.49. The Balaban J connectivity index is 3.71. The lowest BCUT2D eigenvalue weighted by Gasteiger charge is -2.19. The van der Waals surface area contributed by atoms with Gasteiger partial charge in [0.1, 0.15) is 0 Å². The molecule has 0 aromatic carbocycles. The standard InChI is InChI=1S/C25H42BrNO2/c1-23(22-28)27-24(29)18-14-12-10-8-6-4-5-7-9-11-13-15-19-25(2,3)20-16-17-21-26/h4-5,8-11,15,19,23,28H,6-7,12-14,16-18,20-22H2,1-3H3,(H,27,29)/b5-4-,10-8-,11-9-,19-15-/t23-/m1/s1. The van der Waals surface area contributed by atoms with E-state index in [2.05, 4.69) is 83.7 Å². The summed E-state index contributed by atoms with van der Waals surface area (Å²) < 4.78 is 0. The topological polar surface area (TPSA) is 49.3 Å². The molecule has 0 fully saturated rings. The zero-order valence-electron chi connectivity index (χ0n) is 18.7. The number of unbranched alkanes of at least 4 members (excludes halogenated alkanes) is 2. The summed E-state index contributed by atoms with van der Waals surface area (Å²) in [7, 11) is 0. The van der Waals surface area contributed by atoms with E-state index in [9.17, 15) is 4.79 Å². The molecule has 1 amide bonds. The number of halogens is 1. The van der Waals surface area contributed by atoms with Crippen LogP contribution in [0.15, 0.2) is 48.6 Å². The van der Waals surface area contributed by atoms with E-state index in [1.165, 1.54) is 19.3 Å². The lowest BCUT2D eigenvalue weighted by Crippen LogP contribution is -2.34. The summed E-state index contributed by atoms with van der Waals surface area (Å²) in [5.41, 5.74) is 0.296. The minimum absolute atomic E-state index is 0.0136. The molecule has 0 saturated carbocycles. The highest BCUT2D eigenvalue weighted by Crippen LogP contribution is 2.25. The van der Waals surface area contributed by atoms with Crippen LogP contribution in [0.2, 0.25) is 0 Å². The van der Waals surface area contributed by atoms with E-state index < -0.39 is 0 Å². The molecule has 0 heterocycles. The van der Waals surface area contributed by atoms with E-state index in [-0.39, 0.29) is 18.6 Å². The van der Waals surface area contributed by atoms with Crippen LogP contribution in [0.5, 0.6) is 0 Å². The first kappa shape index (κ1) is 27.9. The highest BCUT2D eigenvalue weighted by Gasteiger charge is 2.12. The summed E-state index contributed by atoms with van der Waals surface area (Å²) in [4.78, 5) is 11.5. The van der Waals surface area contributed by atoms with Crippen molar-refractivity contribution in [3.8, 4) is 0 Å². The Morgan fingerprint density at radius 1 is 0.966 bits per heavy atom. The third kappa shape index (κ3) is 19.9. The third-order valence-electron chi connectivity index (χ3n) is 4.55. The monoisotopic (exact) mass is 467 g/mol. The van der Waals surface area contributed by atoms with Gasteiger partial charge in [-0.15, -0.1) is 0 Å². The van der Waals surface area contributed by atoms with Gasteiger partial charge in [-0.25, -0.2) is 0 Å². The maximum absolute atomic E-state index is 11.5. The molecule has 0 unspecified atom stereocenters. The van der Waals surface area contributed by atoms with Gasteiger partial charge in [-0.1, -0.05) is 84.8 Å². The molecule has 4 heteroatoms. The second-order valence-electron chi connectivity index (χ2n) is 8.20. The van der Waals surface area contributed by atoms with E-state index in [1.807, 2.05) is 0 Å². The van der Waals surface area contributed by atoms with Gasteiger partial charge in [0.15, 0.2) is 0 Å². The number of carbonyl (C=O) groups excluding carboxylic acids is 1. The third-order valence-corrected chi connectivity index (χ3v) is 5.11. The number of rotatable bonds is 17. The Kier molecular flexibility index (Phi) is 18.1. The zero-order valence-corrected chi connectivity index (χ0v) is 20.3. The summed E-state index contributed by atoms with van der Waals surface area (Å²) in [6.07, 6.45) is 26.7. The Bertz CT molecular complexity index is 521. The van der Waals surface area contributed by atoms with Crippen LogP contribution in [0.3, 0.4) is 0 Å². The van der Waals surface area contributed by atoms with Crippen LogP contribution in [0.25, 0.3) is 0 Å². The highest BCUT2D eigenvalue weighted by atomic mass is 79.9. The number of aliphatic hydroxyl groups is 1. The lowest BCUT2D eigenvalue weighted by atomic mass is 9.87. The van der Waals surface area contributed by atoms with Gasteiger partial charge >= 0.3 is 0 Å². The molecular weight excluding hydrogens is 426 g/mol. The van der Waals surface area contributed by atoms with Crippen LogP contribution in [-0.2, 0) is 4.79 Å². The average molecular weight is 469 g/mol. The Morgan fingerprint density at radius 3 is 2.14 bits per heavy atom. The van der Waals surface area contributed by atoms with Crippen molar-refractivity contribution < 1.29 is 9.90 Å². The molecule has 29 heavy (non-hydrogen) atoms. The molecule has 0 aliphatic carbocycles. The van der Waals surface area contributed by atoms with Crippen LogP contribution < -0.4 is 5.32 Å². The maximum atomic E-state index is 11.5. The van der Waals surface area contributed by atoms with Crippen LogP contribution in [0, 0.1) is 5.41 Å². The number of allylic oxidation sites excluding steroid dienone is 8. The SMILES string of the molecule is C[C@H](CO)NC(=O)CCC/C=C\C/C=C\C/C=C\C/C=C\C(C)(C)CCCCBr. The van der Waals surface area contributed by atoms with Crippen LogP contribution in [-0.4, -0.2) is 29.0 Å². The van der Waals surface area contributed by atoms with Crippen molar-refractivity contribution in [2.45, 2.75) is 84.6 Å². The van der Waals surface area contributed by atoms with Gasteiger partial charge in [-0.05, 0) is 57.3 Å². The predicted molar refractivity (Wildman–Crippen MR) is 130 cm³/mol. The molecule has 0 rings (SSSR count). The van der Waals surface area contributed by atoms with E-state index in [1.54, 1.807) is 6.92 Å². The normalized spacial score (nSPS) is 14.0. The minimum Gasteiger partial charge on any atom is -0.394 e. The number of hydrogen-bond acceptors (Lipinski definition) is 2. The quantitative estimate of drug-likeness (QED) is 0.143. The van der Waals surface area contributed by atoms with Gasteiger partial charge in [0, 0.05) is 17.8 Å². The van der Waals surface area contributed by atoms with Crippen molar-refractivity contribution in [1.29, 1.82) is 0 Å². The molecule has 1 atom stereocenters. The maximum Gasteiger partial charge on any atom is 0.220 e. The molecule has 0 bridgehead atoms. The van der Waals surface area contributed by atoms with E-state index in [4.69, 9.17) is 5.11 Å². The number of aliphatic hydroxyl groups excluding tert-OH is 1. The molecule has 0 aliphatic rings. The number of hydrogen-bond donors (Lipinski definition) is 2. The smallest absolute Gasteiger partial charge is 0.220 e. The molecular formula is C25H42BrNO2. The second kappa shape index (κ2) is 18.9. The lowest BCUT2D eigenvalue weighted by molar-refractivity contribution is -0.122. The number of amides is 1. The van der Waals surface area contributed by atoms with Gasteiger partial charge in [0.2, 0.25) is 5.91 Å². The van der Waals surface area contributed by atoms with Gasteiger partial charge in [0.25, 0.3) is 0 Å². The van der Waals surface area contributed by atoms with Crippen molar-refractivity contribution in [3.63, 3.8) is 0 Å². The van der Waals surface area contributed by atoms with Gasteiger partial charge < -0.3 is 10.4 Å². The summed E-state index contributed by atoms with van der Waals surface area (Å²) in [6, 6.07) is -0.158. The summed E-state index contributed by atoms with van der Waals surface area (Å²) in [6.45, 7) is 6.40. The van der Waals surface area contributed by atoms with Crippen LogP contribution >= 0.6 is 15.9 Å². The zero-order chi connectivity index (χ0) is 21.8. The summed E-state index contributed by atoms with van der Waals surface area (Å²) in [5, 5.41) is 12.7. The van der Waals surface area contributed by atoms with E-state index >= 15 is 0 Å². The fourth-order valence-corrected chi connectivity index (χ4v) is 3.15. The first-order valence-corrected chi connectivity index (χ1v) is 12.1. The summed E-state index contributed by atoms with van der Waals surface area (Å²) in [5.74, 6) is 0.0136. The van der Waals surface area contributed by atoms with E-state index in [0.717, 1.165) is 37.4 Å². The van der Waals surface area contributed by atoms with Gasteiger partial charge in [0.05, 0.1) is 6.61 Å². The van der Waals surface area contributed by atoms with Gasteiger partial charge in [-0.2, -0.15) is 0 Å². The van der Waals surface area contributed by atoms with Crippen molar-refractivity contribution in [3.05, 3.63) is 48.6 Å². The predicted octanol–water partition coefficient (Wildman–Crippen LogP) is 6.64. The first-order chi connectivity index (χ1) is 13.9. The first-order valence-electron chi connectivity index (χ1n) is 11.0. The fourth-order valence-electron chi connectivity index (χ4n) is 2.75. The highest BCUT2D eigenvalue weighted by molar-refractivity contribution is 9.09. The van der Waals surface area contributed by atoms with E-state index in [0.29, 0.717) is 11.8 Å².